The highest BCUT2D eigenvalue weighted by atomic mass is 32.1. The topological polar surface area (TPSA) is 51.0 Å². The highest BCUT2D eigenvalue weighted by Crippen LogP contribution is 2.32. The molecule has 3 aromatic heterocycles. The second-order valence-electron chi connectivity index (χ2n) is 4.87. The zero-order chi connectivity index (χ0) is 14.4. The number of nitrogens with one attached hydrogen (secondary N) is 1. The molecular formula is C16H13N3OS. The lowest BCUT2D eigenvalue weighted by Crippen LogP contribution is -1.96. The number of benzene rings is 1. The summed E-state index contributed by atoms with van der Waals surface area (Å²) in [5.41, 5.74) is 0.851. The number of aryl methyl sites for hydroxylation is 1. The van der Waals surface area contributed by atoms with Crippen molar-refractivity contribution in [2.45, 2.75) is 6.92 Å². The second kappa shape index (κ2) is 4.56. The van der Waals surface area contributed by atoms with E-state index in [1.54, 1.807) is 11.3 Å². The summed E-state index contributed by atoms with van der Waals surface area (Å²) in [5, 5.41) is 5.26. The second-order valence-corrected chi connectivity index (χ2v) is 6.10. The van der Waals surface area contributed by atoms with Gasteiger partial charge in [0.05, 0.1) is 5.39 Å². The van der Waals surface area contributed by atoms with Gasteiger partial charge in [0.1, 0.15) is 16.2 Å². The first kappa shape index (κ1) is 12.3. The third kappa shape index (κ3) is 1.97. The van der Waals surface area contributed by atoms with E-state index in [4.69, 9.17) is 4.42 Å². The number of furan rings is 1. The van der Waals surface area contributed by atoms with Gasteiger partial charge in [-0.2, -0.15) is 0 Å². The van der Waals surface area contributed by atoms with Crippen LogP contribution in [0.5, 0.6) is 0 Å². The molecule has 3 heterocycles. The fourth-order valence-electron chi connectivity index (χ4n) is 2.43. The molecule has 1 N–H and O–H groups in total. The zero-order valence-corrected chi connectivity index (χ0v) is 12.5. The van der Waals surface area contributed by atoms with Crippen LogP contribution in [0.25, 0.3) is 32.8 Å². The van der Waals surface area contributed by atoms with Crippen LogP contribution >= 0.6 is 11.3 Å². The summed E-state index contributed by atoms with van der Waals surface area (Å²) >= 11 is 1.66. The van der Waals surface area contributed by atoms with Crippen molar-refractivity contribution in [2.24, 2.45) is 0 Å². The number of hydrogen-bond acceptors (Lipinski definition) is 5. The van der Waals surface area contributed by atoms with Crippen LogP contribution in [0.1, 0.15) is 4.88 Å². The van der Waals surface area contributed by atoms with Gasteiger partial charge in [-0.15, -0.1) is 11.3 Å². The van der Waals surface area contributed by atoms with Gasteiger partial charge in [0.15, 0.2) is 11.6 Å². The van der Waals surface area contributed by atoms with Crippen molar-refractivity contribution in [2.75, 3.05) is 12.4 Å². The molecule has 0 spiro atoms. The van der Waals surface area contributed by atoms with Gasteiger partial charge in [0.2, 0.25) is 0 Å². The molecule has 0 saturated heterocycles. The van der Waals surface area contributed by atoms with Crippen molar-refractivity contribution in [3.05, 3.63) is 41.3 Å². The quantitative estimate of drug-likeness (QED) is 0.593. The van der Waals surface area contributed by atoms with Gasteiger partial charge >= 0.3 is 0 Å². The summed E-state index contributed by atoms with van der Waals surface area (Å²) in [6, 6.07) is 12.0. The molecule has 0 amide bonds. The normalized spacial score (nSPS) is 11.3. The van der Waals surface area contributed by atoms with Crippen LogP contribution in [-0.2, 0) is 0 Å². The van der Waals surface area contributed by atoms with E-state index >= 15 is 0 Å². The molecule has 4 nitrogen and oxygen atoms in total. The molecule has 0 unspecified atom stereocenters. The molecular weight excluding hydrogens is 282 g/mol. The molecule has 0 aliphatic heterocycles. The van der Waals surface area contributed by atoms with Crippen LogP contribution in [0.4, 0.5) is 5.82 Å². The summed E-state index contributed by atoms with van der Waals surface area (Å²) in [6.45, 7) is 2.08. The van der Waals surface area contributed by atoms with Crippen LogP contribution < -0.4 is 5.32 Å². The van der Waals surface area contributed by atoms with Crippen molar-refractivity contribution >= 4 is 38.3 Å². The first-order valence-corrected chi connectivity index (χ1v) is 7.51. The third-order valence-electron chi connectivity index (χ3n) is 3.40. The van der Waals surface area contributed by atoms with Gasteiger partial charge < -0.3 is 9.73 Å². The minimum Gasteiger partial charge on any atom is -0.453 e. The van der Waals surface area contributed by atoms with E-state index in [9.17, 15) is 0 Å². The van der Waals surface area contributed by atoms with E-state index in [-0.39, 0.29) is 0 Å². The van der Waals surface area contributed by atoms with Crippen LogP contribution in [-0.4, -0.2) is 17.0 Å². The first-order chi connectivity index (χ1) is 10.2. The predicted molar refractivity (Wildman–Crippen MR) is 86.9 cm³/mol. The van der Waals surface area contributed by atoms with E-state index in [0.717, 1.165) is 27.0 Å². The number of fused-ring (bicyclic) bond motifs is 2. The number of para-hydroxylation sites is 1. The maximum absolute atomic E-state index is 5.86. The lowest BCUT2D eigenvalue weighted by molar-refractivity contribution is 0.626. The van der Waals surface area contributed by atoms with Gasteiger partial charge in [-0.3, -0.25) is 0 Å². The van der Waals surface area contributed by atoms with Gasteiger partial charge in [-0.25, -0.2) is 9.97 Å². The van der Waals surface area contributed by atoms with Gasteiger partial charge in [0, 0.05) is 17.3 Å². The van der Waals surface area contributed by atoms with E-state index in [0.29, 0.717) is 11.6 Å². The number of rotatable bonds is 2. The first-order valence-electron chi connectivity index (χ1n) is 6.69. The molecule has 1 aromatic carbocycles. The summed E-state index contributed by atoms with van der Waals surface area (Å²) < 4.78 is 5.86. The summed E-state index contributed by atoms with van der Waals surface area (Å²) in [7, 11) is 1.87. The van der Waals surface area contributed by atoms with Crippen LogP contribution in [0.2, 0.25) is 0 Å². The molecule has 21 heavy (non-hydrogen) atoms. The van der Waals surface area contributed by atoms with Gasteiger partial charge in [0.25, 0.3) is 0 Å². The van der Waals surface area contributed by atoms with Gasteiger partial charge in [-0.05, 0) is 25.1 Å². The lowest BCUT2D eigenvalue weighted by Gasteiger charge is -2.03. The van der Waals surface area contributed by atoms with Crippen LogP contribution in [0.15, 0.2) is 40.8 Å². The minimum atomic E-state index is 0.616. The molecule has 4 aromatic rings. The summed E-state index contributed by atoms with van der Waals surface area (Å²) in [5.74, 6) is 2.14. The van der Waals surface area contributed by atoms with Crippen molar-refractivity contribution in [1.29, 1.82) is 0 Å². The largest absolute Gasteiger partial charge is 0.453 e. The van der Waals surface area contributed by atoms with Crippen LogP contribution in [0, 0.1) is 6.92 Å². The Morgan fingerprint density at radius 3 is 2.81 bits per heavy atom. The highest BCUT2D eigenvalue weighted by Gasteiger charge is 2.14. The Bertz CT molecular complexity index is 922. The average Bonchev–Trinajstić information content (AvgIpc) is 3.07. The molecule has 0 aliphatic rings. The fourth-order valence-corrected chi connectivity index (χ4v) is 3.31. The monoisotopic (exact) mass is 295 g/mol. The molecule has 0 radical (unpaired) electrons. The predicted octanol–water partition coefficient (Wildman–Crippen LogP) is 4.45. The van der Waals surface area contributed by atoms with E-state index in [2.05, 4.69) is 28.3 Å². The molecule has 0 aliphatic carbocycles. The Hall–Kier alpha value is -2.40. The smallest absolute Gasteiger partial charge is 0.199 e. The Morgan fingerprint density at radius 1 is 1.14 bits per heavy atom. The standard InChI is InChI=1S/C16H13N3OS/c1-9-7-11-14(17-2)18-15(19-16(11)21-9)13-8-10-5-3-4-6-12(10)20-13/h3-8H,1-2H3,(H,17,18,19). The molecule has 5 heteroatoms. The van der Waals surface area contributed by atoms with E-state index in [1.807, 2.05) is 37.4 Å². The van der Waals surface area contributed by atoms with Crippen molar-refractivity contribution in [3.8, 4) is 11.6 Å². The number of nitrogens with zero attached hydrogens (tertiary/aromatic N) is 2. The third-order valence-corrected chi connectivity index (χ3v) is 4.34. The molecule has 4 rings (SSSR count). The van der Waals surface area contributed by atoms with E-state index in [1.165, 1.54) is 4.88 Å². The highest BCUT2D eigenvalue weighted by molar-refractivity contribution is 7.18. The van der Waals surface area contributed by atoms with Crippen molar-refractivity contribution in [1.82, 2.24) is 9.97 Å². The molecule has 0 saturated carbocycles. The van der Waals surface area contributed by atoms with E-state index < -0.39 is 0 Å². The Labute approximate surface area is 125 Å². The number of thiophene rings is 1. The Morgan fingerprint density at radius 2 is 2.00 bits per heavy atom. The number of anilines is 1. The minimum absolute atomic E-state index is 0.616. The molecule has 0 atom stereocenters. The lowest BCUT2D eigenvalue weighted by atomic mass is 10.2. The fraction of sp³-hybridized carbons (Fsp3) is 0.125. The van der Waals surface area contributed by atoms with Crippen molar-refractivity contribution in [3.63, 3.8) is 0 Å². The maximum atomic E-state index is 5.86. The van der Waals surface area contributed by atoms with Gasteiger partial charge in [-0.1, -0.05) is 18.2 Å². The summed E-state index contributed by atoms with van der Waals surface area (Å²) in [4.78, 5) is 11.4. The molecule has 104 valence electrons. The number of hydrogen-bond donors (Lipinski definition) is 1. The summed E-state index contributed by atoms with van der Waals surface area (Å²) in [6.07, 6.45) is 0. The Balaban J connectivity index is 1.96. The average molecular weight is 295 g/mol. The van der Waals surface area contributed by atoms with Crippen molar-refractivity contribution < 1.29 is 4.42 Å². The Kier molecular flexibility index (Phi) is 2.68. The maximum Gasteiger partial charge on any atom is 0.199 e. The number of aromatic nitrogens is 2. The SMILES string of the molecule is CNc1nc(-c2cc3ccccc3o2)nc2sc(C)cc12. The van der Waals surface area contributed by atoms with Crippen LogP contribution in [0.3, 0.4) is 0 Å². The molecule has 0 bridgehead atoms. The molecule has 0 fully saturated rings. The zero-order valence-electron chi connectivity index (χ0n) is 11.7.